The van der Waals surface area contributed by atoms with E-state index >= 15 is 0 Å². The van der Waals surface area contributed by atoms with E-state index in [4.69, 9.17) is 5.73 Å². The van der Waals surface area contributed by atoms with Gasteiger partial charge in [0.1, 0.15) is 11.6 Å². The van der Waals surface area contributed by atoms with Crippen LogP contribution in [0.2, 0.25) is 0 Å². The standard InChI is InChI=1S/C15H17F2N3O2/c16-11-5-9(20-4-3-8(18)7-20)6-12(17)14(11)10-1-2-13(21)19-15(10)22/h5-6,8,10H,1-4,7,18H2,(H,19,21,22)/t8-,10?/m1/s1. The molecule has 2 heterocycles. The minimum absolute atomic E-state index is 0.000864. The minimum atomic E-state index is -0.965. The van der Waals surface area contributed by atoms with Gasteiger partial charge in [0, 0.05) is 36.8 Å². The molecule has 0 saturated carbocycles. The molecular formula is C15H17F2N3O2. The van der Waals surface area contributed by atoms with Gasteiger partial charge in [-0.3, -0.25) is 14.9 Å². The van der Waals surface area contributed by atoms with Gasteiger partial charge >= 0.3 is 0 Å². The van der Waals surface area contributed by atoms with Gasteiger partial charge in [0.2, 0.25) is 11.8 Å². The molecule has 2 atom stereocenters. The first kappa shape index (κ1) is 14.9. The number of anilines is 1. The SMILES string of the molecule is N[C@@H]1CCN(c2cc(F)c(C3CCC(=O)NC3=O)c(F)c2)C1. The summed E-state index contributed by atoms with van der Waals surface area (Å²) >= 11 is 0. The van der Waals surface area contributed by atoms with E-state index in [2.05, 4.69) is 5.32 Å². The van der Waals surface area contributed by atoms with Gasteiger partial charge in [0.05, 0.1) is 5.92 Å². The fourth-order valence-electron chi connectivity index (χ4n) is 3.08. The highest BCUT2D eigenvalue weighted by Crippen LogP contribution is 2.32. The Morgan fingerprint density at radius 3 is 2.41 bits per heavy atom. The number of hydrogen-bond acceptors (Lipinski definition) is 4. The molecule has 0 aliphatic carbocycles. The molecule has 2 amide bonds. The van der Waals surface area contributed by atoms with Gasteiger partial charge in [0.15, 0.2) is 0 Å². The van der Waals surface area contributed by atoms with E-state index in [1.165, 1.54) is 12.1 Å². The third-order valence-electron chi connectivity index (χ3n) is 4.24. The molecule has 5 nitrogen and oxygen atoms in total. The van der Waals surface area contributed by atoms with E-state index in [1.54, 1.807) is 0 Å². The summed E-state index contributed by atoms with van der Waals surface area (Å²) in [4.78, 5) is 24.8. The summed E-state index contributed by atoms with van der Waals surface area (Å²) in [6.45, 7) is 1.20. The Bertz CT molecular complexity index is 612. The summed E-state index contributed by atoms with van der Waals surface area (Å²) in [5, 5.41) is 2.12. The van der Waals surface area contributed by atoms with Crippen LogP contribution in [0.1, 0.15) is 30.7 Å². The topological polar surface area (TPSA) is 75.4 Å². The molecule has 0 bridgehead atoms. The van der Waals surface area contributed by atoms with Crippen LogP contribution in [0.15, 0.2) is 12.1 Å². The summed E-state index contributed by atoms with van der Waals surface area (Å²) in [5.74, 6) is -3.54. The van der Waals surface area contributed by atoms with Crippen LogP contribution >= 0.6 is 0 Å². The van der Waals surface area contributed by atoms with Crippen LogP contribution in [-0.4, -0.2) is 30.9 Å². The highest BCUT2D eigenvalue weighted by molar-refractivity contribution is 6.01. The molecule has 0 aromatic heterocycles. The lowest BCUT2D eigenvalue weighted by molar-refractivity contribution is -0.134. The quantitative estimate of drug-likeness (QED) is 0.800. The zero-order valence-electron chi connectivity index (χ0n) is 11.9. The molecular weight excluding hydrogens is 292 g/mol. The molecule has 2 aliphatic rings. The fourth-order valence-corrected chi connectivity index (χ4v) is 3.08. The molecule has 22 heavy (non-hydrogen) atoms. The molecule has 1 unspecified atom stereocenters. The Labute approximate surface area is 126 Å². The number of hydrogen-bond donors (Lipinski definition) is 2. The van der Waals surface area contributed by atoms with Gasteiger partial charge in [-0.1, -0.05) is 0 Å². The number of nitrogens with zero attached hydrogens (tertiary/aromatic N) is 1. The lowest BCUT2D eigenvalue weighted by atomic mass is 9.89. The molecule has 1 aromatic rings. The van der Waals surface area contributed by atoms with Gasteiger partial charge in [0.25, 0.3) is 0 Å². The Balaban J connectivity index is 1.90. The number of rotatable bonds is 2. The fraction of sp³-hybridized carbons (Fsp3) is 0.467. The van der Waals surface area contributed by atoms with Crippen molar-refractivity contribution in [2.45, 2.75) is 31.2 Å². The molecule has 3 N–H and O–H groups in total. The van der Waals surface area contributed by atoms with Crippen LogP contribution in [0.3, 0.4) is 0 Å². The maximum Gasteiger partial charge on any atom is 0.234 e. The van der Waals surface area contributed by atoms with Crippen molar-refractivity contribution in [3.8, 4) is 0 Å². The average Bonchev–Trinajstić information content (AvgIpc) is 2.87. The maximum absolute atomic E-state index is 14.4. The van der Waals surface area contributed by atoms with E-state index in [0.29, 0.717) is 18.8 Å². The third-order valence-corrected chi connectivity index (χ3v) is 4.24. The van der Waals surface area contributed by atoms with Gasteiger partial charge in [-0.2, -0.15) is 0 Å². The first-order valence-corrected chi connectivity index (χ1v) is 7.29. The number of amides is 2. The molecule has 2 saturated heterocycles. The number of nitrogens with one attached hydrogen (secondary N) is 1. The van der Waals surface area contributed by atoms with Crippen molar-refractivity contribution >= 4 is 17.5 Å². The smallest absolute Gasteiger partial charge is 0.234 e. The molecule has 2 aliphatic heterocycles. The molecule has 1 aromatic carbocycles. The molecule has 3 rings (SSSR count). The summed E-state index contributed by atoms with van der Waals surface area (Å²) in [6, 6.07) is 2.47. The Morgan fingerprint density at radius 1 is 1.18 bits per heavy atom. The van der Waals surface area contributed by atoms with Crippen molar-refractivity contribution in [1.82, 2.24) is 5.32 Å². The van der Waals surface area contributed by atoms with Gasteiger partial charge in [-0.05, 0) is 25.0 Å². The number of carbonyl (C=O) groups excluding carboxylic acids is 2. The Hall–Kier alpha value is -2.02. The van der Waals surface area contributed by atoms with Gasteiger partial charge < -0.3 is 10.6 Å². The number of nitrogens with two attached hydrogens (primary N) is 1. The molecule has 118 valence electrons. The Morgan fingerprint density at radius 2 is 1.86 bits per heavy atom. The summed E-state index contributed by atoms with van der Waals surface area (Å²) < 4.78 is 28.7. The molecule has 7 heteroatoms. The van der Waals surface area contributed by atoms with Crippen LogP contribution in [0.4, 0.5) is 14.5 Å². The van der Waals surface area contributed by atoms with Crippen molar-refractivity contribution in [2.75, 3.05) is 18.0 Å². The minimum Gasteiger partial charge on any atom is -0.370 e. The monoisotopic (exact) mass is 309 g/mol. The summed E-state index contributed by atoms with van der Waals surface area (Å²) in [7, 11) is 0. The van der Waals surface area contributed by atoms with Crippen LogP contribution in [0.5, 0.6) is 0 Å². The highest BCUT2D eigenvalue weighted by Gasteiger charge is 2.33. The number of piperidine rings is 1. The second kappa shape index (κ2) is 5.64. The lowest BCUT2D eigenvalue weighted by Gasteiger charge is -2.24. The molecule has 2 fully saturated rings. The number of carbonyl (C=O) groups is 2. The molecule has 0 radical (unpaired) electrons. The average molecular weight is 309 g/mol. The number of benzene rings is 1. The van der Waals surface area contributed by atoms with Crippen LogP contribution in [0.25, 0.3) is 0 Å². The number of halogens is 2. The van der Waals surface area contributed by atoms with E-state index in [0.717, 1.165) is 6.42 Å². The Kier molecular flexibility index (Phi) is 3.82. The summed E-state index contributed by atoms with van der Waals surface area (Å²) in [6.07, 6.45) is 0.975. The highest BCUT2D eigenvalue weighted by atomic mass is 19.1. The van der Waals surface area contributed by atoms with Crippen LogP contribution in [-0.2, 0) is 9.59 Å². The van der Waals surface area contributed by atoms with Crippen molar-refractivity contribution in [2.24, 2.45) is 5.73 Å². The first-order chi connectivity index (χ1) is 10.5. The second-order valence-corrected chi connectivity index (χ2v) is 5.82. The normalized spacial score (nSPS) is 25.5. The predicted molar refractivity (Wildman–Crippen MR) is 76.3 cm³/mol. The van der Waals surface area contributed by atoms with Crippen molar-refractivity contribution < 1.29 is 18.4 Å². The lowest BCUT2D eigenvalue weighted by Crippen LogP contribution is -2.40. The van der Waals surface area contributed by atoms with Crippen molar-refractivity contribution in [3.63, 3.8) is 0 Å². The number of imide groups is 1. The van der Waals surface area contributed by atoms with E-state index in [1.807, 2.05) is 4.90 Å². The zero-order valence-corrected chi connectivity index (χ0v) is 11.9. The zero-order chi connectivity index (χ0) is 15.9. The van der Waals surface area contributed by atoms with E-state index < -0.39 is 29.4 Å². The maximum atomic E-state index is 14.4. The van der Waals surface area contributed by atoms with Gasteiger partial charge in [-0.15, -0.1) is 0 Å². The molecule has 0 spiro atoms. The van der Waals surface area contributed by atoms with Gasteiger partial charge in [-0.25, -0.2) is 8.78 Å². The second-order valence-electron chi connectivity index (χ2n) is 5.82. The summed E-state index contributed by atoms with van der Waals surface area (Å²) in [5.41, 5.74) is 5.97. The largest absolute Gasteiger partial charge is 0.370 e. The van der Waals surface area contributed by atoms with E-state index in [-0.39, 0.29) is 24.4 Å². The third kappa shape index (κ3) is 2.68. The first-order valence-electron chi connectivity index (χ1n) is 7.29. The predicted octanol–water partition coefficient (Wildman–Crippen LogP) is 1.02. The van der Waals surface area contributed by atoms with Crippen molar-refractivity contribution in [1.29, 1.82) is 0 Å². The van der Waals surface area contributed by atoms with Crippen LogP contribution in [0, 0.1) is 11.6 Å². The van der Waals surface area contributed by atoms with E-state index in [9.17, 15) is 18.4 Å². The van der Waals surface area contributed by atoms with Crippen LogP contribution < -0.4 is 16.0 Å². The van der Waals surface area contributed by atoms with Crippen molar-refractivity contribution in [3.05, 3.63) is 29.3 Å².